The van der Waals surface area contributed by atoms with Gasteiger partial charge in [-0.05, 0) is 46.6 Å². The van der Waals surface area contributed by atoms with Gasteiger partial charge >= 0.3 is 0 Å². The molecule has 0 aromatic carbocycles. The van der Waals surface area contributed by atoms with Gasteiger partial charge in [-0.2, -0.15) is 0 Å². The Morgan fingerprint density at radius 2 is 2.00 bits per heavy atom. The second-order valence-electron chi connectivity index (χ2n) is 5.53. The molecule has 1 heterocycles. The molecule has 0 aliphatic carbocycles. The minimum Gasteiger partial charge on any atom is -0.294 e. The first-order valence-electron chi connectivity index (χ1n) is 5.45. The first-order chi connectivity index (χ1) is 6.73. The Kier molecular flexibility index (Phi) is 3.08. The molecule has 1 fully saturated rings. The van der Waals surface area contributed by atoms with Crippen LogP contribution in [0.25, 0.3) is 0 Å². The SMILES string of the molecule is C=CC(=O)C1CCC(C)(C)N(N)C1(C)C. The molecule has 0 saturated carbocycles. The summed E-state index contributed by atoms with van der Waals surface area (Å²) in [4.78, 5) is 11.7. The minimum absolute atomic E-state index is 0.0342. The molecule has 0 bridgehead atoms. The topological polar surface area (TPSA) is 46.3 Å². The Bertz CT molecular complexity index is 281. The molecule has 0 amide bonds. The summed E-state index contributed by atoms with van der Waals surface area (Å²) in [7, 11) is 0. The van der Waals surface area contributed by atoms with Crippen molar-refractivity contribution in [2.75, 3.05) is 0 Å². The van der Waals surface area contributed by atoms with Crippen molar-refractivity contribution in [1.29, 1.82) is 0 Å². The fourth-order valence-electron chi connectivity index (χ4n) is 2.55. The molecule has 0 aromatic heterocycles. The van der Waals surface area contributed by atoms with E-state index in [1.807, 2.05) is 18.9 Å². The number of ketones is 1. The zero-order valence-corrected chi connectivity index (χ0v) is 10.2. The zero-order chi connectivity index (χ0) is 11.9. The van der Waals surface area contributed by atoms with Crippen molar-refractivity contribution in [3.05, 3.63) is 12.7 Å². The maximum atomic E-state index is 11.7. The van der Waals surface area contributed by atoms with E-state index in [0.717, 1.165) is 12.8 Å². The average Bonchev–Trinajstić information content (AvgIpc) is 2.14. The molecule has 1 aliphatic rings. The van der Waals surface area contributed by atoms with E-state index in [-0.39, 0.29) is 22.8 Å². The van der Waals surface area contributed by atoms with Gasteiger partial charge in [0.05, 0.1) is 0 Å². The summed E-state index contributed by atoms with van der Waals surface area (Å²) in [6.45, 7) is 11.8. The summed E-state index contributed by atoms with van der Waals surface area (Å²) in [5.41, 5.74) is -0.339. The predicted molar refractivity (Wildman–Crippen MR) is 62.1 cm³/mol. The number of piperidine rings is 1. The molecular weight excluding hydrogens is 188 g/mol. The molecule has 3 heteroatoms. The number of carbonyl (C=O) groups excluding carboxylic acids is 1. The fraction of sp³-hybridized carbons (Fsp3) is 0.750. The highest BCUT2D eigenvalue weighted by molar-refractivity contribution is 5.92. The van der Waals surface area contributed by atoms with Crippen LogP contribution in [0.4, 0.5) is 0 Å². The molecule has 3 nitrogen and oxygen atoms in total. The molecule has 2 N–H and O–H groups in total. The van der Waals surface area contributed by atoms with E-state index in [0.29, 0.717) is 0 Å². The monoisotopic (exact) mass is 210 g/mol. The highest BCUT2D eigenvalue weighted by Gasteiger charge is 2.47. The second kappa shape index (κ2) is 3.72. The quantitative estimate of drug-likeness (QED) is 0.559. The van der Waals surface area contributed by atoms with Crippen LogP contribution >= 0.6 is 0 Å². The third-order valence-corrected chi connectivity index (χ3v) is 3.72. The Labute approximate surface area is 92.3 Å². The molecular formula is C12H22N2O. The summed E-state index contributed by atoms with van der Waals surface area (Å²) >= 11 is 0. The van der Waals surface area contributed by atoms with Crippen LogP contribution in [0.2, 0.25) is 0 Å². The van der Waals surface area contributed by atoms with Crippen molar-refractivity contribution in [2.45, 2.75) is 51.6 Å². The third kappa shape index (κ3) is 1.99. The number of hydrogen-bond donors (Lipinski definition) is 1. The Morgan fingerprint density at radius 3 is 2.47 bits per heavy atom. The van der Waals surface area contributed by atoms with Gasteiger partial charge in [-0.3, -0.25) is 10.6 Å². The molecule has 15 heavy (non-hydrogen) atoms. The van der Waals surface area contributed by atoms with E-state index < -0.39 is 0 Å². The van der Waals surface area contributed by atoms with Gasteiger partial charge in [-0.25, -0.2) is 5.01 Å². The largest absolute Gasteiger partial charge is 0.294 e. The van der Waals surface area contributed by atoms with E-state index in [2.05, 4.69) is 20.4 Å². The predicted octanol–water partition coefficient (Wildman–Crippen LogP) is 1.88. The molecule has 86 valence electrons. The third-order valence-electron chi connectivity index (χ3n) is 3.72. The normalized spacial score (nSPS) is 29.8. The number of allylic oxidation sites excluding steroid dienone is 1. The molecule has 1 unspecified atom stereocenters. The second-order valence-corrected chi connectivity index (χ2v) is 5.53. The molecule has 1 saturated heterocycles. The van der Waals surface area contributed by atoms with Crippen LogP contribution in [0.15, 0.2) is 12.7 Å². The Hall–Kier alpha value is -0.670. The Balaban J connectivity index is 2.98. The van der Waals surface area contributed by atoms with Crippen molar-refractivity contribution >= 4 is 5.78 Å². The highest BCUT2D eigenvalue weighted by Crippen LogP contribution is 2.40. The number of nitrogens with two attached hydrogens (primary N) is 1. The van der Waals surface area contributed by atoms with Gasteiger partial charge in [0, 0.05) is 17.0 Å². The molecule has 0 spiro atoms. The number of nitrogens with zero attached hydrogens (tertiary/aromatic N) is 1. The van der Waals surface area contributed by atoms with E-state index in [1.165, 1.54) is 6.08 Å². The number of carbonyl (C=O) groups is 1. The van der Waals surface area contributed by atoms with Crippen LogP contribution in [-0.4, -0.2) is 21.9 Å². The molecule has 1 atom stereocenters. The summed E-state index contributed by atoms with van der Waals surface area (Å²) in [5.74, 6) is 6.19. The van der Waals surface area contributed by atoms with Crippen LogP contribution < -0.4 is 5.84 Å². The minimum atomic E-state index is -0.299. The first-order valence-corrected chi connectivity index (χ1v) is 5.45. The summed E-state index contributed by atoms with van der Waals surface area (Å²) in [5, 5.41) is 1.83. The molecule has 1 rings (SSSR count). The lowest BCUT2D eigenvalue weighted by Gasteiger charge is -2.53. The summed E-state index contributed by atoms with van der Waals surface area (Å²) in [6.07, 6.45) is 3.24. The van der Waals surface area contributed by atoms with Gasteiger partial charge < -0.3 is 0 Å². The van der Waals surface area contributed by atoms with E-state index >= 15 is 0 Å². The van der Waals surface area contributed by atoms with Crippen LogP contribution in [0, 0.1) is 5.92 Å². The highest BCUT2D eigenvalue weighted by atomic mass is 16.1. The van der Waals surface area contributed by atoms with E-state index in [1.54, 1.807) is 0 Å². The van der Waals surface area contributed by atoms with Crippen molar-refractivity contribution in [3.63, 3.8) is 0 Å². The Morgan fingerprint density at radius 1 is 1.47 bits per heavy atom. The zero-order valence-electron chi connectivity index (χ0n) is 10.2. The van der Waals surface area contributed by atoms with Gasteiger partial charge in [-0.1, -0.05) is 6.58 Å². The summed E-state index contributed by atoms with van der Waals surface area (Å²) in [6, 6.07) is 0. The van der Waals surface area contributed by atoms with E-state index in [4.69, 9.17) is 5.84 Å². The first kappa shape index (κ1) is 12.4. The van der Waals surface area contributed by atoms with Gasteiger partial charge in [0.15, 0.2) is 5.78 Å². The average molecular weight is 210 g/mol. The van der Waals surface area contributed by atoms with Crippen molar-refractivity contribution in [3.8, 4) is 0 Å². The van der Waals surface area contributed by atoms with Gasteiger partial charge in [0.1, 0.15) is 0 Å². The number of hydrogen-bond acceptors (Lipinski definition) is 3. The molecule has 0 radical (unpaired) electrons. The number of hydrazine groups is 1. The van der Waals surface area contributed by atoms with Crippen LogP contribution in [0.1, 0.15) is 40.5 Å². The van der Waals surface area contributed by atoms with Crippen molar-refractivity contribution < 1.29 is 4.79 Å². The number of rotatable bonds is 2. The van der Waals surface area contributed by atoms with Crippen LogP contribution in [-0.2, 0) is 4.79 Å². The maximum absolute atomic E-state index is 11.7. The summed E-state index contributed by atoms with van der Waals surface area (Å²) < 4.78 is 0. The maximum Gasteiger partial charge on any atom is 0.160 e. The van der Waals surface area contributed by atoms with Gasteiger partial charge in [-0.15, -0.1) is 0 Å². The van der Waals surface area contributed by atoms with E-state index in [9.17, 15) is 4.79 Å². The van der Waals surface area contributed by atoms with Crippen LogP contribution in [0.5, 0.6) is 0 Å². The lowest BCUT2D eigenvalue weighted by molar-refractivity contribution is -0.132. The smallest absolute Gasteiger partial charge is 0.160 e. The lowest BCUT2D eigenvalue weighted by Crippen LogP contribution is -2.66. The van der Waals surface area contributed by atoms with Crippen LogP contribution in [0.3, 0.4) is 0 Å². The van der Waals surface area contributed by atoms with Gasteiger partial charge in [0.25, 0.3) is 0 Å². The van der Waals surface area contributed by atoms with Crippen molar-refractivity contribution in [1.82, 2.24) is 5.01 Å². The van der Waals surface area contributed by atoms with Crippen molar-refractivity contribution in [2.24, 2.45) is 11.8 Å². The fourth-order valence-corrected chi connectivity index (χ4v) is 2.55. The lowest BCUT2D eigenvalue weighted by atomic mass is 9.72. The molecule has 0 aromatic rings. The van der Waals surface area contributed by atoms with Gasteiger partial charge in [0.2, 0.25) is 0 Å². The standard InChI is InChI=1S/C12H22N2O/c1-6-10(15)9-7-8-11(2,3)14(13)12(9,4)5/h6,9H,1,7-8,13H2,2-5H3. The molecule has 1 aliphatic heterocycles.